The fourth-order valence-corrected chi connectivity index (χ4v) is 4.72. The Bertz CT molecular complexity index is 1860. The van der Waals surface area contributed by atoms with E-state index < -0.39 is 92.1 Å². The molecule has 0 saturated heterocycles. The van der Waals surface area contributed by atoms with E-state index in [1.165, 1.54) is 0 Å². The predicted octanol–water partition coefficient (Wildman–Crippen LogP) is 2.44. The molecule has 0 amide bonds. The lowest BCUT2D eigenvalue weighted by molar-refractivity contribution is -0.0184. The van der Waals surface area contributed by atoms with Crippen molar-refractivity contribution in [1.82, 2.24) is 0 Å². The van der Waals surface area contributed by atoms with Gasteiger partial charge in [-0.3, -0.25) is 4.79 Å². The van der Waals surface area contributed by atoms with Crippen LogP contribution in [0.1, 0.15) is 37.9 Å². The molecule has 0 radical (unpaired) electrons. The number of hydrogen-bond acceptors (Lipinski definition) is 13. The summed E-state index contributed by atoms with van der Waals surface area (Å²) in [6, 6.07) is 6.17. The second-order valence-electron chi connectivity index (χ2n) is 9.38. The molecule has 14 heteroatoms. The molecule has 5 rings (SSSR count). The first-order chi connectivity index (χ1) is 19.8. The molecular weight excluding hydrogens is 560 g/mol. The predicted molar refractivity (Wildman–Crippen MR) is 140 cm³/mol. The zero-order valence-corrected chi connectivity index (χ0v) is 21.0. The van der Waals surface area contributed by atoms with Gasteiger partial charge in [-0.2, -0.15) is 0 Å². The monoisotopic (exact) mass is 580 g/mol. The molecule has 216 valence electrons. The van der Waals surface area contributed by atoms with Gasteiger partial charge in [0.2, 0.25) is 5.43 Å². The molecule has 1 aliphatic heterocycles. The topological polar surface area (TPSA) is 252 Å². The SMILES string of the molecule is O=C(O)c1cc(O)c(=O)c2c(O)c(O)cc([C@@H]3Oc4cc(O)cc(O)c4C[C@@H]3OC(=O)c3cc(O)c(O)c(O)c3)c2c1. The van der Waals surface area contributed by atoms with Crippen LogP contribution in [0.25, 0.3) is 10.8 Å². The van der Waals surface area contributed by atoms with Crippen LogP contribution in [0, 0.1) is 0 Å². The molecule has 4 aromatic rings. The molecule has 0 aromatic heterocycles. The van der Waals surface area contributed by atoms with Crippen LogP contribution < -0.4 is 10.2 Å². The number of esters is 1. The van der Waals surface area contributed by atoms with Gasteiger partial charge in [-0.05, 0) is 35.7 Å². The third-order valence-electron chi connectivity index (χ3n) is 6.69. The number of ether oxygens (including phenoxy) is 2. The standard InChI is InChI=1S/C28H20O14/c29-11-5-15(30)14-8-21(42-28(40)10-3-16(31)23(35)17(32)4-10)26(41-20(14)6-11)13-7-19(34)25(37)22-12(13)1-9(27(38)39)2-18(33)24(22)36/h1-7,21,26,29-32,34-35,37H,8H2,(H,33,36)(H,38,39)/t21-,26-/m0/s1. The first-order valence-corrected chi connectivity index (χ1v) is 11.9. The van der Waals surface area contributed by atoms with Gasteiger partial charge in [-0.1, -0.05) is 0 Å². The van der Waals surface area contributed by atoms with Crippen molar-refractivity contribution in [2.75, 3.05) is 0 Å². The molecule has 0 aliphatic carbocycles. The first kappa shape index (κ1) is 27.5. The van der Waals surface area contributed by atoms with Crippen LogP contribution in [-0.2, 0) is 11.2 Å². The third kappa shape index (κ3) is 4.56. The summed E-state index contributed by atoms with van der Waals surface area (Å²) >= 11 is 0. The van der Waals surface area contributed by atoms with E-state index in [1.807, 2.05) is 0 Å². The summed E-state index contributed by atoms with van der Waals surface area (Å²) in [5.41, 5.74) is -2.42. The van der Waals surface area contributed by atoms with Gasteiger partial charge in [-0.15, -0.1) is 0 Å². The Morgan fingerprint density at radius 2 is 1.36 bits per heavy atom. The second kappa shape index (κ2) is 9.85. The molecule has 0 bridgehead atoms. The lowest BCUT2D eigenvalue weighted by atomic mass is 9.90. The third-order valence-corrected chi connectivity index (χ3v) is 6.69. The highest BCUT2D eigenvalue weighted by atomic mass is 16.6. The number of carbonyl (C=O) groups is 2. The largest absolute Gasteiger partial charge is 0.508 e. The number of rotatable bonds is 4. The Morgan fingerprint density at radius 1 is 0.738 bits per heavy atom. The molecule has 1 aliphatic rings. The number of carboxylic acids is 1. The Morgan fingerprint density at radius 3 is 2.00 bits per heavy atom. The summed E-state index contributed by atoms with van der Waals surface area (Å²) in [4.78, 5) is 37.9. The molecule has 42 heavy (non-hydrogen) atoms. The number of carboxylic acid groups (broad SMARTS) is 1. The van der Waals surface area contributed by atoms with Crippen LogP contribution in [0.2, 0.25) is 0 Å². The van der Waals surface area contributed by atoms with Crippen molar-refractivity contribution >= 4 is 22.7 Å². The minimum atomic E-state index is -1.57. The summed E-state index contributed by atoms with van der Waals surface area (Å²) in [6.07, 6.45) is -3.30. The van der Waals surface area contributed by atoms with E-state index in [0.717, 1.165) is 36.4 Å². The molecule has 0 fully saturated rings. The zero-order chi connectivity index (χ0) is 30.6. The van der Waals surface area contributed by atoms with Crippen molar-refractivity contribution in [2.45, 2.75) is 18.6 Å². The van der Waals surface area contributed by atoms with Gasteiger partial charge in [0.15, 0.2) is 40.6 Å². The molecule has 0 saturated carbocycles. The molecule has 14 nitrogen and oxygen atoms in total. The number of benzene rings is 3. The highest BCUT2D eigenvalue weighted by molar-refractivity contribution is 5.98. The van der Waals surface area contributed by atoms with Crippen molar-refractivity contribution < 1.29 is 65.0 Å². The maximum atomic E-state index is 13.1. The number of fused-ring (bicyclic) bond motifs is 2. The normalized spacial score (nSPS) is 15.9. The number of aromatic carboxylic acids is 1. The Kier molecular flexibility index (Phi) is 6.45. The van der Waals surface area contributed by atoms with Crippen molar-refractivity contribution in [3.63, 3.8) is 0 Å². The lowest BCUT2D eigenvalue weighted by Crippen LogP contribution is -2.35. The lowest BCUT2D eigenvalue weighted by Gasteiger charge is -2.34. The van der Waals surface area contributed by atoms with Crippen LogP contribution in [0.5, 0.6) is 51.7 Å². The molecule has 1 heterocycles. The number of hydrogen-bond donors (Lipinski definition) is 9. The van der Waals surface area contributed by atoms with Gasteiger partial charge >= 0.3 is 11.9 Å². The van der Waals surface area contributed by atoms with E-state index in [2.05, 4.69) is 0 Å². The number of phenolic OH excluding ortho intramolecular Hbond substituents is 7. The molecule has 2 atom stereocenters. The molecule has 0 unspecified atom stereocenters. The van der Waals surface area contributed by atoms with E-state index in [-0.39, 0.29) is 28.7 Å². The van der Waals surface area contributed by atoms with Crippen molar-refractivity contribution in [2.24, 2.45) is 0 Å². The van der Waals surface area contributed by atoms with Crippen LogP contribution in [-0.4, -0.2) is 64.0 Å². The highest BCUT2D eigenvalue weighted by Gasteiger charge is 2.38. The molecule has 4 aromatic carbocycles. The highest BCUT2D eigenvalue weighted by Crippen LogP contribution is 2.47. The van der Waals surface area contributed by atoms with Gasteiger partial charge in [0.25, 0.3) is 0 Å². The van der Waals surface area contributed by atoms with Crippen LogP contribution in [0.3, 0.4) is 0 Å². The maximum Gasteiger partial charge on any atom is 0.338 e. The van der Waals surface area contributed by atoms with E-state index in [9.17, 15) is 60.3 Å². The number of aromatic hydroxyl groups is 8. The van der Waals surface area contributed by atoms with Gasteiger partial charge in [-0.25, -0.2) is 9.59 Å². The van der Waals surface area contributed by atoms with Crippen LogP contribution in [0.4, 0.5) is 0 Å². The average molecular weight is 580 g/mol. The minimum Gasteiger partial charge on any atom is -0.508 e. The fraction of sp³-hybridized carbons (Fsp3) is 0.107. The molecule has 0 spiro atoms. The summed E-state index contributed by atoms with van der Waals surface area (Å²) in [5, 5.41) is 89.5. The van der Waals surface area contributed by atoms with Crippen LogP contribution >= 0.6 is 0 Å². The van der Waals surface area contributed by atoms with E-state index in [1.54, 1.807) is 0 Å². The smallest absolute Gasteiger partial charge is 0.338 e. The van der Waals surface area contributed by atoms with Crippen molar-refractivity contribution in [3.05, 3.63) is 74.9 Å². The Balaban J connectivity index is 1.75. The van der Waals surface area contributed by atoms with Crippen molar-refractivity contribution in [3.8, 4) is 51.7 Å². The van der Waals surface area contributed by atoms with E-state index in [0.29, 0.717) is 6.07 Å². The quantitative estimate of drug-likeness (QED) is 0.124. The number of carbonyl (C=O) groups excluding carboxylic acids is 1. The summed E-state index contributed by atoms with van der Waals surface area (Å²) in [7, 11) is 0. The van der Waals surface area contributed by atoms with Crippen molar-refractivity contribution in [1.29, 1.82) is 0 Å². The van der Waals surface area contributed by atoms with Crippen LogP contribution in [0.15, 0.2) is 47.3 Å². The minimum absolute atomic E-state index is 0.0597. The maximum absolute atomic E-state index is 13.1. The van der Waals surface area contributed by atoms with Gasteiger partial charge in [0, 0.05) is 29.7 Å². The average Bonchev–Trinajstić information content (AvgIpc) is 3.05. The summed E-state index contributed by atoms with van der Waals surface area (Å²) in [6.45, 7) is 0. The first-order valence-electron chi connectivity index (χ1n) is 11.9. The van der Waals surface area contributed by atoms with Gasteiger partial charge < -0.3 is 55.4 Å². The second-order valence-corrected chi connectivity index (χ2v) is 9.38. The van der Waals surface area contributed by atoms with Gasteiger partial charge in [0.05, 0.1) is 16.5 Å². The zero-order valence-electron chi connectivity index (χ0n) is 21.0. The number of phenols is 7. The fourth-order valence-electron chi connectivity index (χ4n) is 4.72. The molecular formula is C28H20O14. The van der Waals surface area contributed by atoms with E-state index in [4.69, 9.17) is 9.47 Å². The van der Waals surface area contributed by atoms with Gasteiger partial charge in [0.1, 0.15) is 23.4 Å². The molecule has 9 N–H and O–H groups in total. The summed E-state index contributed by atoms with van der Waals surface area (Å²) < 4.78 is 11.5. The van der Waals surface area contributed by atoms with E-state index >= 15 is 0 Å². The summed E-state index contributed by atoms with van der Waals surface area (Å²) in [5.74, 6) is -9.25. The Hall–Kier alpha value is -6.05. The Labute approximate surface area is 233 Å².